The number of imidazole rings is 1. The third-order valence-electron chi connectivity index (χ3n) is 4.48. The molecule has 34 heavy (non-hydrogen) atoms. The molecule has 5 amide bonds. The third-order valence-corrected chi connectivity index (χ3v) is 4.84. The number of H-pyrrole nitrogens is 1. The lowest BCUT2D eigenvalue weighted by atomic mass is 10.1. The number of nitrogens with zero attached hydrogens (tertiary/aromatic N) is 1. The van der Waals surface area contributed by atoms with E-state index in [4.69, 9.17) is 17.2 Å². The van der Waals surface area contributed by atoms with E-state index < -0.39 is 66.1 Å². The number of thiol groups is 1. The number of nitrogens with one attached hydrogen (secondary N) is 4. The highest BCUT2D eigenvalue weighted by molar-refractivity contribution is 7.80. The zero-order valence-corrected chi connectivity index (χ0v) is 18.9. The Labute approximate surface area is 199 Å². The normalized spacial score (nSPS) is 14.2. The topological polar surface area (TPSA) is 265 Å². The summed E-state index contributed by atoms with van der Waals surface area (Å²) >= 11 is 4.01. The van der Waals surface area contributed by atoms with E-state index in [0.29, 0.717) is 5.69 Å². The van der Waals surface area contributed by atoms with Crippen molar-refractivity contribution in [2.45, 2.75) is 49.9 Å². The Morgan fingerprint density at radius 1 is 0.971 bits per heavy atom. The summed E-state index contributed by atoms with van der Waals surface area (Å²) in [7, 11) is 0. The summed E-state index contributed by atoms with van der Waals surface area (Å²) in [6, 6.07) is -5.33. The Hall–Kier alpha value is -3.66. The molecule has 0 aromatic carbocycles. The number of carboxylic acid groups (broad SMARTS) is 1. The number of carbonyl (C=O) groups is 6. The molecular weight excluding hydrogens is 472 g/mol. The van der Waals surface area contributed by atoms with Gasteiger partial charge in [-0.1, -0.05) is 0 Å². The van der Waals surface area contributed by atoms with Gasteiger partial charge in [0.1, 0.15) is 18.1 Å². The van der Waals surface area contributed by atoms with Crippen LogP contribution in [0, 0.1) is 0 Å². The Bertz CT molecular complexity index is 895. The largest absolute Gasteiger partial charge is 0.480 e. The van der Waals surface area contributed by atoms with E-state index in [1.807, 2.05) is 0 Å². The van der Waals surface area contributed by atoms with Crippen LogP contribution in [0.15, 0.2) is 12.5 Å². The van der Waals surface area contributed by atoms with Crippen molar-refractivity contribution in [2.75, 3.05) is 5.75 Å². The molecule has 4 unspecified atom stereocenters. The first-order chi connectivity index (χ1) is 15.9. The number of nitrogens with two attached hydrogens (primary N) is 3. The summed E-state index contributed by atoms with van der Waals surface area (Å²) in [4.78, 5) is 77.8. The molecule has 16 heteroatoms. The molecule has 1 aromatic rings. The van der Waals surface area contributed by atoms with Crippen molar-refractivity contribution >= 4 is 48.1 Å². The molecule has 1 aromatic heterocycles. The standard InChI is InChI=1S/C18H28N8O7S/c19-9(3-8-5-22-7-23-8)15(29)26-12(6-34)17(31)25-11(4-14(21)28)16(30)24-10(18(32)33)1-2-13(20)27/h5,7,9-12,34H,1-4,6,19H2,(H2,20,27)(H2,21,28)(H,22,23)(H,24,30)(H,25,31)(H,26,29)(H,32,33). The number of hydrogen-bond acceptors (Lipinski definition) is 9. The van der Waals surface area contributed by atoms with Gasteiger partial charge in [0.25, 0.3) is 0 Å². The lowest BCUT2D eigenvalue weighted by molar-refractivity contribution is -0.142. The van der Waals surface area contributed by atoms with Crippen LogP contribution in [0.2, 0.25) is 0 Å². The molecule has 11 N–H and O–H groups in total. The molecule has 0 aliphatic rings. The van der Waals surface area contributed by atoms with Crippen molar-refractivity contribution in [3.8, 4) is 0 Å². The number of aliphatic carboxylic acids is 1. The first-order valence-electron chi connectivity index (χ1n) is 9.98. The monoisotopic (exact) mass is 500 g/mol. The van der Waals surface area contributed by atoms with Gasteiger partial charge < -0.3 is 43.2 Å². The highest BCUT2D eigenvalue weighted by Crippen LogP contribution is 2.02. The molecule has 15 nitrogen and oxygen atoms in total. The second kappa shape index (κ2) is 13.8. The van der Waals surface area contributed by atoms with Gasteiger partial charge in [0.2, 0.25) is 29.5 Å². The van der Waals surface area contributed by atoms with Crippen molar-refractivity contribution in [3.63, 3.8) is 0 Å². The molecule has 0 aliphatic heterocycles. The average Bonchev–Trinajstić information content (AvgIpc) is 3.26. The molecule has 0 fully saturated rings. The van der Waals surface area contributed by atoms with Gasteiger partial charge in [0, 0.05) is 30.5 Å². The van der Waals surface area contributed by atoms with Crippen LogP contribution in [-0.4, -0.2) is 80.5 Å². The van der Waals surface area contributed by atoms with E-state index in [-0.39, 0.29) is 25.0 Å². The second-order valence-corrected chi connectivity index (χ2v) is 7.63. The van der Waals surface area contributed by atoms with Crippen LogP contribution in [-0.2, 0) is 35.2 Å². The lowest BCUT2D eigenvalue weighted by Crippen LogP contribution is -2.58. The van der Waals surface area contributed by atoms with Gasteiger partial charge in [-0.3, -0.25) is 24.0 Å². The minimum absolute atomic E-state index is 0.112. The summed E-state index contributed by atoms with van der Waals surface area (Å²) in [6.07, 6.45) is 1.72. The van der Waals surface area contributed by atoms with Gasteiger partial charge in [0.15, 0.2) is 0 Å². The molecule has 1 heterocycles. The van der Waals surface area contributed by atoms with E-state index in [1.165, 1.54) is 12.5 Å². The number of primary amides is 2. The first-order valence-corrected chi connectivity index (χ1v) is 10.6. The third kappa shape index (κ3) is 9.86. The predicted molar refractivity (Wildman–Crippen MR) is 120 cm³/mol. The van der Waals surface area contributed by atoms with E-state index in [9.17, 15) is 33.9 Å². The maximum absolute atomic E-state index is 12.6. The van der Waals surface area contributed by atoms with Crippen molar-refractivity contribution in [1.82, 2.24) is 25.9 Å². The van der Waals surface area contributed by atoms with Crippen LogP contribution < -0.4 is 33.2 Å². The summed E-state index contributed by atoms with van der Waals surface area (Å²) < 4.78 is 0. The molecule has 0 bridgehead atoms. The molecule has 0 saturated heterocycles. The van der Waals surface area contributed by atoms with Crippen molar-refractivity contribution in [2.24, 2.45) is 17.2 Å². The maximum atomic E-state index is 12.6. The highest BCUT2D eigenvalue weighted by atomic mass is 32.1. The smallest absolute Gasteiger partial charge is 0.326 e. The number of hydrogen-bond donors (Lipinski definition) is 9. The zero-order valence-electron chi connectivity index (χ0n) is 18.0. The zero-order chi connectivity index (χ0) is 25.8. The molecular formula is C18H28N8O7S. The predicted octanol–water partition coefficient (Wildman–Crippen LogP) is -4.11. The molecule has 0 aliphatic carbocycles. The van der Waals surface area contributed by atoms with Gasteiger partial charge in [0.05, 0.1) is 18.8 Å². The number of rotatable bonds is 15. The maximum Gasteiger partial charge on any atom is 0.326 e. The summed E-state index contributed by atoms with van der Waals surface area (Å²) in [5, 5.41) is 16.0. The van der Waals surface area contributed by atoms with Gasteiger partial charge in [-0.05, 0) is 6.42 Å². The van der Waals surface area contributed by atoms with Gasteiger partial charge in [-0.25, -0.2) is 9.78 Å². The fraction of sp³-hybridized carbons (Fsp3) is 0.500. The Morgan fingerprint density at radius 2 is 1.56 bits per heavy atom. The van der Waals surface area contributed by atoms with E-state index >= 15 is 0 Å². The van der Waals surface area contributed by atoms with Crippen LogP contribution in [0.25, 0.3) is 0 Å². The number of carbonyl (C=O) groups excluding carboxylic acids is 5. The van der Waals surface area contributed by atoms with E-state index in [1.54, 1.807) is 0 Å². The number of aromatic amines is 1. The highest BCUT2D eigenvalue weighted by Gasteiger charge is 2.31. The van der Waals surface area contributed by atoms with Gasteiger partial charge >= 0.3 is 5.97 Å². The Balaban J connectivity index is 2.82. The van der Waals surface area contributed by atoms with Crippen LogP contribution in [0.1, 0.15) is 25.0 Å². The fourth-order valence-electron chi connectivity index (χ4n) is 2.70. The SMILES string of the molecule is NC(=O)CCC(NC(=O)C(CC(N)=O)NC(=O)C(CS)NC(=O)C(N)Cc1cnc[nH]1)C(=O)O. The molecule has 4 atom stereocenters. The van der Waals surface area contributed by atoms with Crippen molar-refractivity contribution in [3.05, 3.63) is 18.2 Å². The van der Waals surface area contributed by atoms with Gasteiger partial charge in [-0.15, -0.1) is 0 Å². The minimum Gasteiger partial charge on any atom is -0.480 e. The Kier molecular flexibility index (Phi) is 11.5. The minimum atomic E-state index is -1.56. The van der Waals surface area contributed by atoms with Crippen LogP contribution in [0.3, 0.4) is 0 Å². The van der Waals surface area contributed by atoms with Crippen LogP contribution in [0.5, 0.6) is 0 Å². The number of carboxylic acids is 1. The van der Waals surface area contributed by atoms with Gasteiger partial charge in [-0.2, -0.15) is 12.6 Å². The van der Waals surface area contributed by atoms with Crippen LogP contribution in [0.4, 0.5) is 0 Å². The summed E-state index contributed by atoms with van der Waals surface area (Å²) in [6.45, 7) is 0. The quantitative estimate of drug-likeness (QED) is 0.106. The van der Waals surface area contributed by atoms with Crippen molar-refractivity contribution in [1.29, 1.82) is 0 Å². The summed E-state index contributed by atoms with van der Waals surface area (Å²) in [5.74, 6) is -5.98. The molecule has 0 spiro atoms. The fourth-order valence-corrected chi connectivity index (χ4v) is 2.95. The van der Waals surface area contributed by atoms with Crippen LogP contribution >= 0.6 is 12.6 Å². The first kappa shape index (κ1) is 28.4. The average molecular weight is 501 g/mol. The molecule has 188 valence electrons. The number of amides is 5. The Morgan fingerprint density at radius 3 is 2.06 bits per heavy atom. The van der Waals surface area contributed by atoms with E-state index in [2.05, 4.69) is 38.5 Å². The number of aromatic nitrogens is 2. The molecule has 1 rings (SSSR count). The molecule has 0 saturated carbocycles. The summed E-state index contributed by atoms with van der Waals surface area (Å²) in [5.41, 5.74) is 16.5. The van der Waals surface area contributed by atoms with E-state index in [0.717, 1.165) is 0 Å². The van der Waals surface area contributed by atoms with Crippen molar-refractivity contribution < 1.29 is 33.9 Å². The second-order valence-electron chi connectivity index (χ2n) is 7.27. The molecule has 0 radical (unpaired) electrons. The lowest BCUT2D eigenvalue weighted by Gasteiger charge is -2.24.